The predicted molar refractivity (Wildman–Crippen MR) is 139 cm³/mol. The fourth-order valence-electron chi connectivity index (χ4n) is 4.09. The molecular formula is C25H8BF34NO7. The normalized spacial score (nSPS) is 18.5. The molecule has 396 valence electrons. The van der Waals surface area contributed by atoms with E-state index < -0.39 is 150 Å². The van der Waals surface area contributed by atoms with E-state index in [1.165, 1.54) is 9.47 Å². The summed E-state index contributed by atoms with van der Waals surface area (Å²) < 4.78 is 475. The number of ether oxygens (including phenoxy) is 4. The highest BCUT2D eigenvalue weighted by Gasteiger charge is 2.87. The Labute approximate surface area is 346 Å². The minimum Gasteiger partial charge on any atom is -0.423 e. The van der Waals surface area contributed by atoms with Crippen molar-refractivity contribution < 1.29 is 183 Å². The lowest BCUT2D eigenvalue weighted by molar-refractivity contribution is -0.554. The SMILES string of the molecule is C=CC(=O)Nc1cc(C(F)(OC(F)(F)C(F)(OC(F)(F)C(F)(F)C(F)(F)F)C(F)(F)F)C(F)(F)F)cc(B(O)O)c1C(F)(OC(F)(F)C(F)(OC(F)(F)C(F)(F)C(F)(F)F)C(F)(F)F)C(F)(F)F. The van der Waals surface area contributed by atoms with E-state index in [4.69, 9.17) is 0 Å². The zero-order chi connectivity index (χ0) is 55.1. The number of benzene rings is 1. The minimum absolute atomic E-state index is 0.225. The molecule has 1 rings (SSSR count). The third kappa shape index (κ3) is 10.5. The molecule has 0 aliphatic carbocycles. The molecule has 1 amide bonds. The van der Waals surface area contributed by atoms with Crippen LogP contribution in [-0.2, 0) is 35.5 Å². The van der Waals surface area contributed by atoms with Gasteiger partial charge in [-0.15, -0.1) is 0 Å². The van der Waals surface area contributed by atoms with Crippen molar-refractivity contribution in [3.05, 3.63) is 35.9 Å². The summed E-state index contributed by atoms with van der Waals surface area (Å²) >= 11 is 0. The molecule has 3 N–H and O–H groups in total. The van der Waals surface area contributed by atoms with E-state index in [1.54, 1.807) is 0 Å². The average Bonchev–Trinajstić information content (AvgIpc) is 3.06. The summed E-state index contributed by atoms with van der Waals surface area (Å²) in [5.74, 6) is -52.8. The van der Waals surface area contributed by atoms with Crippen LogP contribution < -0.4 is 10.8 Å². The Balaban J connectivity index is 4.69. The number of hydrogen-bond donors (Lipinski definition) is 3. The van der Waals surface area contributed by atoms with Gasteiger partial charge in [-0.1, -0.05) is 12.6 Å². The standard InChI is InChI=1S/C25H8BF34NO7/c1-2-8(62)61-7-4-5(10(27,16(35,36)37)65-24(57,58)14(33,20(47,48)49)67-22(53,54)12(29,30)18(41,42)43)3-6(26(63)64)9(7)11(28,17(38,39)40)66-25(59,60)15(34,21(50,51)52)68-23(55,56)13(31,32)19(44,45)46/h2-4,63-64H,1H2,(H,61,62). The van der Waals surface area contributed by atoms with Gasteiger partial charge in [0.1, 0.15) is 0 Å². The number of carbonyl (C=O) groups excluding carboxylic acids is 1. The van der Waals surface area contributed by atoms with Crippen molar-refractivity contribution in [2.75, 3.05) is 5.32 Å². The molecule has 0 saturated heterocycles. The number of alkyl halides is 34. The summed E-state index contributed by atoms with van der Waals surface area (Å²) in [6, 6.07) is -4.02. The lowest BCUT2D eigenvalue weighted by Gasteiger charge is -2.42. The maximum atomic E-state index is 16.1. The van der Waals surface area contributed by atoms with Gasteiger partial charge in [-0.05, 0) is 17.6 Å². The summed E-state index contributed by atoms with van der Waals surface area (Å²) in [7, 11) is -4.89. The van der Waals surface area contributed by atoms with Crippen LogP contribution in [0.5, 0.6) is 0 Å². The molecule has 0 spiro atoms. The molecule has 0 bridgehead atoms. The van der Waals surface area contributed by atoms with Gasteiger partial charge in [-0.2, -0.15) is 149 Å². The van der Waals surface area contributed by atoms with Crippen LogP contribution in [0, 0.1) is 0 Å². The van der Waals surface area contributed by atoms with E-state index in [-0.39, 0.29) is 5.32 Å². The van der Waals surface area contributed by atoms with Crippen LogP contribution in [0.4, 0.5) is 155 Å². The number of hydrogen-bond acceptors (Lipinski definition) is 7. The smallest absolute Gasteiger partial charge is 0.423 e. The fraction of sp³-hybridized carbons (Fsp3) is 0.640. The number of anilines is 1. The van der Waals surface area contributed by atoms with Crippen molar-refractivity contribution in [1.29, 1.82) is 0 Å². The largest absolute Gasteiger partial charge is 0.489 e. The van der Waals surface area contributed by atoms with Gasteiger partial charge in [0.15, 0.2) is 0 Å². The molecule has 0 fully saturated rings. The van der Waals surface area contributed by atoms with E-state index in [9.17, 15) is 155 Å². The van der Waals surface area contributed by atoms with E-state index in [2.05, 4.69) is 6.58 Å². The predicted octanol–water partition coefficient (Wildman–Crippen LogP) is 10.1. The van der Waals surface area contributed by atoms with Gasteiger partial charge in [0.2, 0.25) is 5.91 Å². The molecule has 8 nitrogen and oxygen atoms in total. The molecule has 0 aliphatic rings. The van der Waals surface area contributed by atoms with Crippen molar-refractivity contribution in [3.8, 4) is 0 Å². The number of amides is 1. The van der Waals surface area contributed by atoms with Crippen LogP contribution in [-0.4, -0.2) is 108 Å². The molecule has 1 aromatic carbocycles. The Bertz CT molecular complexity index is 2010. The minimum atomic E-state index is -8.83. The van der Waals surface area contributed by atoms with Gasteiger partial charge in [0.25, 0.3) is 0 Å². The van der Waals surface area contributed by atoms with Crippen molar-refractivity contribution in [1.82, 2.24) is 0 Å². The van der Waals surface area contributed by atoms with Gasteiger partial charge in [0.05, 0.1) is 5.69 Å². The molecule has 68 heavy (non-hydrogen) atoms. The molecule has 0 saturated carbocycles. The van der Waals surface area contributed by atoms with E-state index in [0.717, 1.165) is 0 Å². The van der Waals surface area contributed by atoms with Crippen LogP contribution in [0.15, 0.2) is 24.8 Å². The Morgan fingerprint density at radius 2 is 0.765 bits per heavy atom. The second kappa shape index (κ2) is 17.3. The highest BCUT2D eigenvalue weighted by molar-refractivity contribution is 6.59. The van der Waals surface area contributed by atoms with Crippen molar-refractivity contribution in [3.63, 3.8) is 0 Å². The van der Waals surface area contributed by atoms with Crippen LogP contribution >= 0.6 is 0 Å². The molecular weight excluding hydrogens is 1080 g/mol. The Morgan fingerprint density at radius 1 is 0.456 bits per heavy atom. The van der Waals surface area contributed by atoms with Gasteiger partial charge in [-0.3, -0.25) is 23.7 Å². The van der Waals surface area contributed by atoms with Gasteiger partial charge in [-0.25, -0.2) is 0 Å². The first-order valence-corrected chi connectivity index (χ1v) is 14.9. The second-order valence-electron chi connectivity index (χ2n) is 12.0. The molecule has 43 heteroatoms. The maximum Gasteiger partial charge on any atom is 0.489 e. The van der Waals surface area contributed by atoms with Gasteiger partial charge in [0, 0.05) is 11.1 Å². The lowest BCUT2D eigenvalue weighted by Crippen LogP contribution is -2.67. The van der Waals surface area contributed by atoms with E-state index in [1.807, 2.05) is 9.47 Å². The van der Waals surface area contributed by atoms with Crippen LogP contribution in [0.25, 0.3) is 0 Å². The summed E-state index contributed by atoms with van der Waals surface area (Å²) in [5, 5.41) is 19.2. The number of carbonyl (C=O) groups is 1. The highest BCUT2D eigenvalue weighted by Crippen LogP contribution is 2.61. The molecule has 4 atom stereocenters. The van der Waals surface area contributed by atoms with Gasteiger partial charge < -0.3 is 15.4 Å². The van der Waals surface area contributed by atoms with Crippen LogP contribution in [0.2, 0.25) is 0 Å². The Hall–Kier alpha value is -4.13. The summed E-state index contributed by atoms with van der Waals surface area (Å²) in [6.45, 7) is 2.31. The molecule has 4 unspecified atom stereocenters. The van der Waals surface area contributed by atoms with Gasteiger partial charge >= 0.3 is 104 Å². The third-order valence-electron chi connectivity index (χ3n) is 7.31. The zero-order valence-corrected chi connectivity index (χ0v) is 29.8. The zero-order valence-electron chi connectivity index (χ0n) is 29.8. The van der Waals surface area contributed by atoms with Crippen molar-refractivity contribution in [2.45, 2.75) is 96.8 Å². The quantitative estimate of drug-likeness (QED) is 0.0811. The monoisotopic (exact) mass is 1090 g/mol. The number of nitrogens with one attached hydrogen (secondary N) is 1. The summed E-state index contributed by atoms with van der Waals surface area (Å²) in [4.78, 5) is 11.9. The third-order valence-corrected chi connectivity index (χ3v) is 7.31. The van der Waals surface area contributed by atoms with Crippen LogP contribution in [0.1, 0.15) is 11.1 Å². The first kappa shape index (κ1) is 61.9. The van der Waals surface area contributed by atoms with E-state index >= 15 is 8.78 Å². The number of halogens is 34. The molecule has 0 aliphatic heterocycles. The molecule has 0 aromatic heterocycles. The van der Waals surface area contributed by atoms with Crippen LogP contribution in [0.3, 0.4) is 0 Å². The average molecular weight is 1090 g/mol. The Kier molecular flexibility index (Phi) is 15.8. The fourth-order valence-corrected chi connectivity index (χ4v) is 4.09. The second-order valence-corrected chi connectivity index (χ2v) is 12.0. The Morgan fingerprint density at radius 3 is 1.01 bits per heavy atom. The summed E-state index contributed by atoms with van der Waals surface area (Å²) in [5.41, 5.74) is -15.3. The first-order chi connectivity index (χ1) is 29.2. The highest BCUT2D eigenvalue weighted by atomic mass is 19.5. The first-order valence-electron chi connectivity index (χ1n) is 14.9. The topological polar surface area (TPSA) is 106 Å². The maximum absolute atomic E-state index is 16.1. The molecule has 1 aromatic rings. The van der Waals surface area contributed by atoms with Crippen molar-refractivity contribution >= 4 is 24.2 Å². The molecule has 0 radical (unpaired) electrons. The number of rotatable bonds is 17. The van der Waals surface area contributed by atoms with E-state index in [0.29, 0.717) is 0 Å². The summed E-state index contributed by atoms with van der Waals surface area (Å²) in [6.07, 6.45) is -84.7. The lowest BCUT2D eigenvalue weighted by atomic mass is 9.73. The molecule has 0 heterocycles. The van der Waals surface area contributed by atoms with Crippen molar-refractivity contribution in [2.24, 2.45) is 0 Å².